The molecule has 1 aromatic heterocycles. The highest BCUT2D eigenvalue weighted by Gasteiger charge is 2.27. The standard InChI is InChI=1S/C25H22FN3O3S2/c1-17-8-10-18(11-9-17)23-27-24(25(28-23)34(31,32)21-6-4-3-5-7-21)33-16-22(30)29(2)20-14-12-19(26)13-15-20/h3-15H,16H2,1-2H3,(H,27,28). The lowest BCUT2D eigenvalue weighted by Gasteiger charge is -2.16. The van der Waals surface area contributed by atoms with Crippen LogP contribution in [0.4, 0.5) is 10.1 Å². The van der Waals surface area contributed by atoms with Gasteiger partial charge in [-0.1, -0.05) is 59.8 Å². The number of carbonyl (C=O) groups excluding carboxylic acids is 1. The van der Waals surface area contributed by atoms with Crippen LogP contribution in [0.15, 0.2) is 93.8 Å². The molecule has 1 heterocycles. The zero-order valence-electron chi connectivity index (χ0n) is 18.5. The van der Waals surface area contributed by atoms with Gasteiger partial charge in [-0.2, -0.15) is 0 Å². The summed E-state index contributed by atoms with van der Waals surface area (Å²) in [6.07, 6.45) is 0. The topological polar surface area (TPSA) is 83.1 Å². The molecule has 4 aromatic rings. The largest absolute Gasteiger partial charge is 0.328 e. The van der Waals surface area contributed by atoms with Crippen LogP contribution < -0.4 is 4.90 Å². The number of amides is 1. The van der Waals surface area contributed by atoms with Crippen molar-refractivity contribution in [3.63, 3.8) is 0 Å². The number of benzene rings is 3. The number of nitrogens with one attached hydrogen (secondary N) is 1. The number of thioether (sulfide) groups is 1. The summed E-state index contributed by atoms with van der Waals surface area (Å²) in [6, 6.07) is 21.2. The molecule has 0 fully saturated rings. The minimum Gasteiger partial charge on any atom is -0.328 e. The average Bonchev–Trinajstić information content (AvgIpc) is 3.29. The van der Waals surface area contributed by atoms with Crippen molar-refractivity contribution >= 4 is 33.2 Å². The van der Waals surface area contributed by atoms with Crippen molar-refractivity contribution in [2.45, 2.75) is 21.9 Å². The second kappa shape index (κ2) is 9.82. The summed E-state index contributed by atoms with van der Waals surface area (Å²) in [4.78, 5) is 21.8. The fourth-order valence-electron chi connectivity index (χ4n) is 3.22. The third kappa shape index (κ3) is 5.05. The Hall–Kier alpha value is -3.43. The van der Waals surface area contributed by atoms with Gasteiger partial charge < -0.3 is 9.88 Å². The molecule has 9 heteroatoms. The molecule has 0 atom stereocenters. The monoisotopic (exact) mass is 495 g/mol. The predicted molar refractivity (Wildman–Crippen MR) is 131 cm³/mol. The third-order valence-corrected chi connectivity index (χ3v) is 8.02. The van der Waals surface area contributed by atoms with Crippen LogP contribution in [-0.2, 0) is 14.6 Å². The quantitative estimate of drug-likeness (QED) is 0.360. The van der Waals surface area contributed by atoms with Crippen molar-refractivity contribution < 1.29 is 17.6 Å². The lowest BCUT2D eigenvalue weighted by molar-refractivity contribution is -0.115. The number of aromatic amines is 1. The normalized spacial score (nSPS) is 11.4. The molecule has 0 aliphatic rings. The van der Waals surface area contributed by atoms with E-state index in [1.807, 2.05) is 31.2 Å². The second-order valence-corrected chi connectivity index (χ2v) is 10.5. The number of nitrogens with zero attached hydrogens (tertiary/aromatic N) is 2. The number of aryl methyl sites for hydroxylation is 1. The van der Waals surface area contributed by atoms with E-state index < -0.39 is 15.7 Å². The third-order valence-electron chi connectivity index (χ3n) is 5.21. The van der Waals surface area contributed by atoms with Gasteiger partial charge in [0.05, 0.1) is 10.6 Å². The van der Waals surface area contributed by atoms with Crippen LogP contribution in [0.1, 0.15) is 5.56 Å². The molecule has 0 radical (unpaired) electrons. The van der Waals surface area contributed by atoms with Crippen LogP contribution in [0.3, 0.4) is 0 Å². The van der Waals surface area contributed by atoms with Crippen molar-refractivity contribution in [3.05, 3.63) is 90.2 Å². The van der Waals surface area contributed by atoms with Gasteiger partial charge in [0.2, 0.25) is 15.7 Å². The summed E-state index contributed by atoms with van der Waals surface area (Å²) < 4.78 is 39.9. The van der Waals surface area contributed by atoms with Crippen LogP contribution in [0.25, 0.3) is 11.4 Å². The minimum absolute atomic E-state index is 0.0522. The van der Waals surface area contributed by atoms with Crippen molar-refractivity contribution in [2.75, 3.05) is 17.7 Å². The first-order valence-electron chi connectivity index (χ1n) is 10.4. The molecule has 3 aromatic carbocycles. The number of carbonyl (C=O) groups is 1. The average molecular weight is 496 g/mol. The highest BCUT2D eigenvalue weighted by molar-refractivity contribution is 8.00. The van der Waals surface area contributed by atoms with Gasteiger partial charge in [-0.25, -0.2) is 17.8 Å². The zero-order chi connectivity index (χ0) is 24.3. The van der Waals surface area contributed by atoms with E-state index in [-0.39, 0.29) is 26.6 Å². The Kier molecular flexibility index (Phi) is 6.85. The first kappa shape index (κ1) is 23.7. The van der Waals surface area contributed by atoms with Crippen LogP contribution in [0.5, 0.6) is 0 Å². The summed E-state index contributed by atoms with van der Waals surface area (Å²) in [5, 5.41) is 0.150. The van der Waals surface area contributed by atoms with Gasteiger partial charge in [0, 0.05) is 18.3 Å². The second-order valence-electron chi connectivity index (χ2n) is 7.62. The van der Waals surface area contributed by atoms with E-state index in [9.17, 15) is 17.6 Å². The molecule has 1 amide bonds. The van der Waals surface area contributed by atoms with Gasteiger partial charge >= 0.3 is 0 Å². The van der Waals surface area contributed by atoms with Crippen molar-refractivity contribution in [2.24, 2.45) is 0 Å². The molecule has 0 bridgehead atoms. The predicted octanol–water partition coefficient (Wildman–Crippen LogP) is 5.11. The molecule has 0 saturated carbocycles. The summed E-state index contributed by atoms with van der Waals surface area (Å²) >= 11 is 1.03. The Morgan fingerprint density at radius 2 is 1.65 bits per heavy atom. The number of aromatic nitrogens is 2. The highest BCUT2D eigenvalue weighted by Crippen LogP contribution is 2.32. The van der Waals surface area contributed by atoms with E-state index in [0.29, 0.717) is 11.5 Å². The maximum Gasteiger partial charge on any atom is 0.237 e. The fourth-order valence-corrected chi connectivity index (χ4v) is 5.78. The van der Waals surface area contributed by atoms with E-state index in [1.54, 1.807) is 25.2 Å². The Labute approximate surface area is 201 Å². The number of H-pyrrole nitrogens is 1. The highest BCUT2D eigenvalue weighted by atomic mass is 32.2. The van der Waals surface area contributed by atoms with Crippen LogP contribution in [0, 0.1) is 12.7 Å². The Bertz CT molecular complexity index is 1400. The Balaban J connectivity index is 1.65. The van der Waals surface area contributed by atoms with Gasteiger partial charge in [0.15, 0.2) is 5.03 Å². The summed E-state index contributed by atoms with van der Waals surface area (Å²) in [5.41, 5.74) is 2.33. The van der Waals surface area contributed by atoms with Gasteiger partial charge in [-0.15, -0.1) is 0 Å². The van der Waals surface area contributed by atoms with Crippen LogP contribution in [-0.4, -0.2) is 37.1 Å². The number of hydrogen-bond acceptors (Lipinski definition) is 5. The first-order valence-corrected chi connectivity index (χ1v) is 12.8. The van der Waals surface area contributed by atoms with Gasteiger partial charge in [0.25, 0.3) is 0 Å². The number of rotatable bonds is 7. The first-order chi connectivity index (χ1) is 16.3. The van der Waals surface area contributed by atoms with Gasteiger partial charge in [-0.3, -0.25) is 4.79 Å². The zero-order valence-corrected chi connectivity index (χ0v) is 20.2. The minimum atomic E-state index is -3.90. The molecule has 0 spiro atoms. The molecule has 0 unspecified atom stereocenters. The number of halogens is 1. The molecule has 0 aliphatic carbocycles. The summed E-state index contributed by atoms with van der Waals surface area (Å²) in [7, 11) is -2.31. The molecule has 0 aliphatic heterocycles. The Morgan fingerprint density at radius 3 is 2.29 bits per heavy atom. The van der Waals surface area contributed by atoms with E-state index in [0.717, 1.165) is 22.9 Å². The molecule has 4 rings (SSSR count). The molecule has 0 saturated heterocycles. The number of hydrogen-bond donors (Lipinski definition) is 1. The molecule has 34 heavy (non-hydrogen) atoms. The molecule has 174 valence electrons. The van der Waals surface area contributed by atoms with Crippen molar-refractivity contribution in [3.8, 4) is 11.4 Å². The molecule has 6 nitrogen and oxygen atoms in total. The maximum absolute atomic E-state index is 13.4. The summed E-state index contributed by atoms with van der Waals surface area (Å²) in [5.74, 6) is -0.325. The number of imidazole rings is 1. The Morgan fingerprint density at radius 1 is 1.00 bits per heavy atom. The molecular formula is C25H22FN3O3S2. The van der Waals surface area contributed by atoms with Crippen molar-refractivity contribution in [1.29, 1.82) is 0 Å². The van der Waals surface area contributed by atoms with Crippen LogP contribution in [0.2, 0.25) is 0 Å². The lowest BCUT2D eigenvalue weighted by atomic mass is 10.1. The van der Waals surface area contributed by atoms with Gasteiger partial charge in [0.1, 0.15) is 16.7 Å². The lowest BCUT2D eigenvalue weighted by Crippen LogP contribution is -2.27. The van der Waals surface area contributed by atoms with Gasteiger partial charge in [-0.05, 0) is 43.3 Å². The number of sulfone groups is 1. The number of anilines is 1. The smallest absolute Gasteiger partial charge is 0.237 e. The van der Waals surface area contributed by atoms with Crippen molar-refractivity contribution in [1.82, 2.24) is 9.97 Å². The van der Waals surface area contributed by atoms with E-state index in [4.69, 9.17) is 0 Å². The van der Waals surface area contributed by atoms with Crippen LogP contribution >= 0.6 is 11.8 Å². The van der Waals surface area contributed by atoms with E-state index in [1.165, 1.54) is 41.3 Å². The van der Waals surface area contributed by atoms with E-state index >= 15 is 0 Å². The maximum atomic E-state index is 13.4. The molecule has 1 N–H and O–H groups in total. The molecular weight excluding hydrogens is 473 g/mol. The van der Waals surface area contributed by atoms with E-state index in [2.05, 4.69) is 9.97 Å². The SMILES string of the molecule is Cc1ccc(-c2nc(SCC(=O)N(C)c3ccc(F)cc3)c(S(=O)(=O)c3ccccc3)[nH]2)cc1. The summed E-state index contributed by atoms with van der Waals surface area (Å²) in [6.45, 7) is 1.96. The fraction of sp³-hybridized carbons (Fsp3) is 0.120.